The van der Waals surface area contributed by atoms with E-state index in [1.165, 1.54) is 5.56 Å². The van der Waals surface area contributed by atoms with Crippen LogP contribution in [0.3, 0.4) is 0 Å². The van der Waals surface area contributed by atoms with Gasteiger partial charge in [0.15, 0.2) is 0 Å². The molecule has 0 unspecified atom stereocenters. The van der Waals surface area contributed by atoms with E-state index in [1.807, 2.05) is 4.90 Å². The van der Waals surface area contributed by atoms with Crippen LogP contribution in [0.4, 0.5) is 5.69 Å². The molecule has 1 saturated heterocycles. The molecule has 4 nitrogen and oxygen atoms in total. The van der Waals surface area contributed by atoms with Crippen molar-refractivity contribution in [2.24, 2.45) is 5.92 Å². The summed E-state index contributed by atoms with van der Waals surface area (Å²) >= 11 is 0. The maximum Gasteiger partial charge on any atom is 0.227 e. The summed E-state index contributed by atoms with van der Waals surface area (Å²) in [6, 6.07) is 4.34. The largest absolute Gasteiger partial charge is 0.343 e. The normalized spacial score (nSPS) is 16.2. The van der Waals surface area contributed by atoms with Gasteiger partial charge in [-0.3, -0.25) is 9.59 Å². The summed E-state index contributed by atoms with van der Waals surface area (Å²) in [7, 11) is 0. The van der Waals surface area contributed by atoms with Gasteiger partial charge in [0.25, 0.3) is 0 Å². The summed E-state index contributed by atoms with van der Waals surface area (Å²) in [6.07, 6.45) is 1.48. The Morgan fingerprint density at radius 1 is 1.08 bits per heavy atom. The molecule has 1 aromatic rings. The highest BCUT2D eigenvalue weighted by Crippen LogP contribution is 2.30. The monoisotopic (exact) mass is 330 g/mol. The minimum Gasteiger partial charge on any atom is -0.343 e. The van der Waals surface area contributed by atoms with Crippen molar-refractivity contribution in [1.82, 2.24) is 4.90 Å². The Hall–Kier alpha value is -1.84. The van der Waals surface area contributed by atoms with E-state index in [0.29, 0.717) is 13.1 Å². The minimum absolute atomic E-state index is 0.0123. The molecule has 2 rings (SSSR count). The zero-order valence-electron chi connectivity index (χ0n) is 15.8. The number of piperidine rings is 1. The minimum atomic E-state index is -0.0123. The number of carbonyl (C=O) groups excluding carboxylic acids is 2. The molecule has 1 N–H and O–H groups in total. The van der Waals surface area contributed by atoms with Crippen LogP contribution in [-0.2, 0) is 15.0 Å². The van der Waals surface area contributed by atoms with Crippen LogP contribution in [0.2, 0.25) is 0 Å². The molecule has 1 heterocycles. The van der Waals surface area contributed by atoms with E-state index in [2.05, 4.69) is 52.1 Å². The predicted octanol–water partition coefficient (Wildman–Crippen LogP) is 3.80. The van der Waals surface area contributed by atoms with E-state index in [1.54, 1.807) is 6.92 Å². The Kier molecular flexibility index (Phi) is 5.36. The summed E-state index contributed by atoms with van der Waals surface area (Å²) in [6.45, 7) is 13.6. The highest BCUT2D eigenvalue weighted by molar-refractivity contribution is 5.94. The van der Waals surface area contributed by atoms with Gasteiger partial charge < -0.3 is 10.2 Å². The van der Waals surface area contributed by atoms with Crippen LogP contribution in [0.25, 0.3) is 0 Å². The zero-order valence-corrected chi connectivity index (χ0v) is 15.8. The molecule has 2 amide bonds. The molecule has 0 spiro atoms. The number of benzene rings is 1. The summed E-state index contributed by atoms with van der Waals surface area (Å²) < 4.78 is 0. The molecule has 0 aliphatic carbocycles. The lowest BCUT2D eigenvalue weighted by molar-refractivity contribution is -0.132. The fraction of sp³-hybridized carbons (Fsp3) is 0.600. The third-order valence-electron chi connectivity index (χ3n) is 4.96. The molecule has 0 radical (unpaired) electrons. The molecule has 0 bridgehead atoms. The fourth-order valence-electron chi connectivity index (χ4n) is 3.28. The standard InChI is InChI=1S/C20H30N2O2/c1-13-11-17(20(4,5)6)12-14(2)18(13)21-19(24)16-7-9-22(10-8-16)15(3)23/h11-12,16H,7-10H2,1-6H3,(H,21,24). The van der Waals surface area contributed by atoms with Gasteiger partial charge in [-0.25, -0.2) is 0 Å². The van der Waals surface area contributed by atoms with Gasteiger partial charge in [0.2, 0.25) is 11.8 Å². The molecular formula is C20H30N2O2. The van der Waals surface area contributed by atoms with Gasteiger partial charge in [-0.15, -0.1) is 0 Å². The topological polar surface area (TPSA) is 49.4 Å². The first kappa shape index (κ1) is 18.5. The summed E-state index contributed by atoms with van der Waals surface area (Å²) in [4.78, 5) is 25.8. The summed E-state index contributed by atoms with van der Waals surface area (Å²) in [5.74, 6) is 0.160. The number of aryl methyl sites for hydroxylation is 2. The number of rotatable bonds is 2. The quantitative estimate of drug-likeness (QED) is 0.896. The number of likely N-dealkylation sites (tertiary alicyclic amines) is 1. The van der Waals surface area contributed by atoms with Crippen LogP contribution in [-0.4, -0.2) is 29.8 Å². The van der Waals surface area contributed by atoms with Gasteiger partial charge in [0.05, 0.1) is 0 Å². The molecule has 0 saturated carbocycles. The molecule has 24 heavy (non-hydrogen) atoms. The average molecular weight is 330 g/mol. The van der Waals surface area contributed by atoms with E-state index in [0.717, 1.165) is 29.7 Å². The zero-order chi connectivity index (χ0) is 18.1. The van der Waals surface area contributed by atoms with Crippen molar-refractivity contribution in [3.63, 3.8) is 0 Å². The highest BCUT2D eigenvalue weighted by Gasteiger charge is 2.27. The van der Waals surface area contributed by atoms with Crippen molar-refractivity contribution in [2.75, 3.05) is 18.4 Å². The van der Waals surface area contributed by atoms with E-state index in [4.69, 9.17) is 0 Å². The molecule has 1 fully saturated rings. The van der Waals surface area contributed by atoms with Gasteiger partial charge in [-0.05, 0) is 48.8 Å². The molecule has 1 aliphatic heterocycles. The second kappa shape index (κ2) is 6.96. The van der Waals surface area contributed by atoms with Crippen molar-refractivity contribution in [3.05, 3.63) is 28.8 Å². The first-order chi connectivity index (χ1) is 11.1. The predicted molar refractivity (Wildman–Crippen MR) is 98.2 cm³/mol. The number of carbonyl (C=O) groups is 2. The van der Waals surface area contributed by atoms with Crippen molar-refractivity contribution in [2.45, 2.75) is 59.8 Å². The van der Waals surface area contributed by atoms with E-state index >= 15 is 0 Å². The first-order valence-electron chi connectivity index (χ1n) is 8.77. The molecule has 0 aromatic heterocycles. The molecule has 1 aromatic carbocycles. The molecule has 132 valence electrons. The lowest BCUT2D eigenvalue weighted by atomic mass is 9.84. The maximum absolute atomic E-state index is 12.6. The lowest BCUT2D eigenvalue weighted by Crippen LogP contribution is -2.40. The van der Waals surface area contributed by atoms with Crippen LogP contribution in [0.1, 0.15) is 57.2 Å². The van der Waals surface area contributed by atoms with Crippen LogP contribution in [0.15, 0.2) is 12.1 Å². The number of nitrogens with zero attached hydrogens (tertiary/aromatic N) is 1. The second-order valence-electron chi connectivity index (χ2n) is 8.00. The number of hydrogen-bond donors (Lipinski definition) is 1. The van der Waals surface area contributed by atoms with Crippen molar-refractivity contribution < 1.29 is 9.59 Å². The SMILES string of the molecule is CC(=O)N1CCC(C(=O)Nc2c(C)cc(C(C)(C)C)cc2C)CC1. The van der Waals surface area contributed by atoms with Crippen molar-refractivity contribution in [1.29, 1.82) is 0 Å². The Morgan fingerprint density at radius 3 is 2.00 bits per heavy atom. The Labute approximate surface area is 145 Å². The van der Waals surface area contributed by atoms with E-state index < -0.39 is 0 Å². The van der Waals surface area contributed by atoms with Crippen LogP contribution >= 0.6 is 0 Å². The van der Waals surface area contributed by atoms with Gasteiger partial charge in [-0.1, -0.05) is 32.9 Å². The van der Waals surface area contributed by atoms with Gasteiger partial charge in [-0.2, -0.15) is 0 Å². The van der Waals surface area contributed by atoms with Crippen molar-refractivity contribution >= 4 is 17.5 Å². The summed E-state index contributed by atoms with van der Waals surface area (Å²) in [5, 5.41) is 3.13. The maximum atomic E-state index is 12.6. The van der Waals surface area contributed by atoms with Crippen LogP contribution < -0.4 is 5.32 Å². The Bertz CT molecular complexity index is 613. The molecule has 0 atom stereocenters. The Balaban J connectivity index is 2.09. The van der Waals surface area contributed by atoms with E-state index in [9.17, 15) is 9.59 Å². The van der Waals surface area contributed by atoms with Crippen LogP contribution in [0.5, 0.6) is 0 Å². The highest BCUT2D eigenvalue weighted by atomic mass is 16.2. The summed E-state index contributed by atoms with van der Waals surface area (Å²) in [5.41, 5.74) is 4.52. The van der Waals surface area contributed by atoms with Crippen molar-refractivity contribution in [3.8, 4) is 0 Å². The van der Waals surface area contributed by atoms with Gasteiger partial charge in [0, 0.05) is 31.6 Å². The fourth-order valence-corrected chi connectivity index (χ4v) is 3.28. The Morgan fingerprint density at radius 2 is 1.58 bits per heavy atom. The number of anilines is 1. The van der Waals surface area contributed by atoms with Gasteiger partial charge >= 0.3 is 0 Å². The third-order valence-corrected chi connectivity index (χ3v) is 4.96. The van der Waals surface area contributed by atoms with Gasteiger partial charge in [0.1, 0.15) is 0 Å². The van der Waals surface area contributed by atoms with Crippen LogP contribution in [0, 0.1) is 19.8 Å². The molecular weight excluding hydrogens is 300 g/mol. The number of hydrogen-bond acceptors (Lipinski definition) is 2. The molecule has 1 aliphatic rings. The second-order valence-corrected chi connectivity index (χ2v) is 8.00. The first-order valence-corrected chi connectivity index (χ1v) is 8.77. The number of nitrogens with one attached hydrogen (secondary N) is 1. The third kappa shape index (κ3) is 4.16. The van der Waals surface area contributed by atoms with E-state index in [-0.39, 0.29) is 23.1 Å². The smallest absolute Gasteiger partial charge is 0.227 e. The lowest BCUT2D eigenvalue weighted by Gasteiger charge is -2.31. The number of amides is 2. The average Bonchev–Trinajstić information content (AvgIpc) is 2.49. The molecule has 4 heteroatoms.